The van der Waals surface area contributed by atoms with E-state index in [1.165, 1.54) is 11.0 Å². The first-order chi connectivity index (χ1) is 7.12. The van der Waals surface area contributed by atoms with Crippen molar-refractivity contribution < 1.29 is 9.53 Å². The molecule has 0 aliphatic carbocycles. The summed E-state index contributed by atoms with van der Waals surface area (Å²) in [6, 6.07) is 0. The molecule has 1 unspecified atom stereocenters. The van der Waals surface area contributed by atoms with Crippen LogP contribution in [0.15, 0.2) is 6.33 Å². The monoisotopic (exact) mass is 211 g/mol. The Morgan fingerprint density at radius 1 is 1.80 bits per heavy atom. The molecular weight excluding hydrogens is 198 g/mol. The number of hydrogen-bond donors (Lipinski definition) is 2. The van der Waals surface area contributed by atoms with Crippen LogP contribution in [0, 0.1) is 0 Å². The number of anilines is 1. The molecule has 1 aliphatic rings. The van der Waals surface area contributed by atoms with E-state index in [0.717, 1.165) is 0 Å². The molecule has 1 fully saturated rings. The summed E-state index contributed by atoms with van der Waals surface area (Å²) >= 11 is 0. The van der Waals surface area contributed by atoms with Crippen molar-refractivity contribution in [3.8, 4) is 0 Å². The zero-order chi connectivity index (χ0) is 10.9. The third-order valence-electron chi connectivity index (χ3n) is 2.44. The van der Waals surface area contributed by atoms with Gasteiger partial charge in [0.1, 0.15) is 11.9 Å². The van der Waals surface area contributed by atoms with Gasteiger partial charge in [0, 0.05) is 13.7 Å². The normalized spacial score (nSPS) is 25.5. The first-order valence-corrected chi connectivity index (χ1v) is 4.64. The third-order valence-corrected chi connectivity index (χ3v) is 2.44. The van der Waals surface area contributed by atoms with Crippen molar-refractivity contribution in [3.05, 3.63) is 6.33 Å². The van der Waals surface area contributed by atoms with Crippen molar-refractivity contribution in [2.24, 2.45) is 12.8 Å². The Morgan fingerprint density at radius 3 is 3.13 bits per heavy atom. The number of carbonyl (C=O) groups excluding carboxylic acids is 1. The van der Waals surface area contributed by atoms with Crippen molar-refractivity contribution in [3.63, 3.8) is 0 Å². The van der Waals surface area contributed by atoms with Gasteiger partial charge in [-0.25, -0.2) is 4.68 Å². The molecule has 0 saturated carbocycles. The van der Waals surface area contributed by atoms with Crippen LogP contribution in [0.4, 0.5) is 5.95 Å². The van der Waals surface area contributed by atoms with Gasteiger partial charge in [0.25, 0.3) is 0 Å². The second kappa shape index (κ2) is 3.59. The van der Waals surface area contributed by atoms with Crippen molar-refractivity contribution in [2.75, 3.05) is 18.5 Å². The van der Waals surface area contributed by atoms with Gasteiger partial charge in [0.15, 0.2) is 0 Å². The fraction of sp³-hybridized carbons (Fsp3) is 0.625. The highest BCUT2D eigenvalue weighted by Crippen LogP contribution is 2.17. The topological polar surface area (TPSA) is 95.1 Å². The molecule has 82 valence electrons. The van der Waals surface area contributed by atoms with Crippen LogP contribution >= 0.6 is 0 Å². The first-order valence-electron chi connectivity index (χ1n) is 4.64. The Morgan fingerprint density at radius 2 is 2.60 bits per heavy atom. The predicted molar refractivity (Wildman–Crippen MR) is 52.0 cm³/mol. The molecule has 0 bridgehead atoms. The Hall–Kier alpha value is -1.47. The van der Waals surface area contributed by atoms with Gasteiger partial charge in [-0.1, -0.05) is 0 Å². The molecular formula is C8H13N5O2. The number of nitrogens with two attached hydrogens (primary N) is 1. The van der Waals surface area contributed by atoms with Crippen LogP contribution in [-0.4, -0.2) is 39.4 Å². The minimum absolute atomic E-state index is 0.247. The maximum Gasteiger partial charge on any atom is 0.249 e. The van der Waals surface area contributed by atoms with Crippen molar-refractivity contribution in [1.29, 1.82) is 0 Å². The smallest absolute Gasteiger partial charge is 0.249 e. The molecule has 0 aromatic carbocycles. The Bertz CT molecular complexity index is 369. The number of carbonyl (C=O) groups is 1. The summed E-state index contributed by atoms with van der Waals surface area (Å²) in [6.07, 6.45) is 1.89. The molecule has 2 heterocycles. The molecule has 1 atom stereocenters. The largest absolute Gasteiger partial charge is 0.379 e. The lowest BCUT2D eigenvalue weighted by molar-refractivity contribution is -0.121. The van der Waals surface area contributed by atoms with Gasteiger partial charge in [0.05, 0.1) is 6.61 Å². The van der Waals surface area contributed by atoms with Gasteiger partial charge >= 0.3 is 0 Å². The van der Waals surface area contributed by atoms with Crippen LogP contribution in [0.2, 0.25) is 0 Å². The molecule has 7 nitrogen and oxygen atoms in total. The van der Waals surface area contributed by atoms with Crippen molar-refractivity contribution in [1.82, 2.24) is 14.8 Å². The second-order valence-electron chi connectivity index (χ2n) is 3.62. The van der Waals surface area contributed by atoms with Gasteiger partial charge < -0.3 is 10.5 Å². The fourth-order valence-corrected chi connectivity index (χ4v) is 1.40. The first kappa shape index (κ1) is 10.1. The molecule has 15 heavy (non-hydrogen) atoms. The Balaban J connectivity index is 2.07. The summed E-state index contributed by atoms with van der Waals surface area (Å²) in [6.45, 7) is 0.763. The molecule has 1 aromatic heterocycles. The van der Waals surface area contributed by atoms with Crippen LogP contribution in [-0.2, 0) is 16.6 Å². The average Bonchev–Trinajstić information content (AvgIpc) is 2.78. The van der Waals surface area contributed by atoms with Gasteiger partial charge in [-0.05, 0) is 6.42 Å². The molecule has 7 heteroatoms. The fourth-order valence-electron chi connectivity index (χ4n) is 1.40. The quantitative estimate of drug-likeness (QED) is 0.645. The lowest BCUT2D eigenvalue weighted by atomic mass is 9.99. The Labute approximate surface area is 86.6 Å². The van der Waals surface area contributed by atoms with E-state index < -0.39 is 5.54 Å². The molecule has 1 amide bonds. The third kappa shape index (κ3) is 1.83. The summed E-state index contributed by atoms with van der Waals surface area (Å²) in [7, 11) is 1.69. The molecule has 1 aliphatic heterocycles. The van der Waals surface area contributed by atoms with Gasteiger partial charge in [0.2, 0.25) is 11.9 Å². The molecule has 1 saturated heterocycles. The van der Waals surface area contributed by atoms with Crippen molar-refractivity contribution in [2.45, 2.75) is 12.0 Å². The molecule has 2 rings (SSSR count). The van der Waals surface area contributed by atoms with Gasteiger partial charge in [-0.3, -0.25) is 10.1 Å². The molecule has 0 spiro atoms. The predicted octanol–water partition coefficient (Wildman–Crippen LogP) is -1.13. The van der Waals surface area contributed by atoms with E-state index in [4.69, 9.17) is 10.5 Å². The zero-order valence-electron chi connectivity index (χ0n) is 8.43. The molecule has 1 aromatic rings. The van der Waals surface area contributed by atoms with Crippen LogP contribution in [0.3, 0.4) is 0 Å². The van der Waals surface area contributed by atoms with Gasteiger partial charge in [-0.15, -0.1) is 0 Å². The van der Waals surface area contributed by atoms with E-state index in [-0.39, 0.29) is 12.5 Å². The number of rotatable bonds is 2. The van der Waals surface area contributed by atoms with E-state index in [9.17, 15) is 4.79 Å². The maximum atomic E-state index is 11.8. The number of nitrogens with one attached hydrogen (secondary N) is 1. The molecule has 3 N–H and O–H groups in total. The number of hydrogen-bond acceptors (Lipinski definition) is 5. The summed E-state index contributed by atoms with van der Waals surface area (Å²) < 4.78 is 6.57. The summed E-state index contributed by atoms with van der Waals surface area (Å²) in [5.41, 5.74) is 4.94. The summed E-state index contributed by atoms with van der Waals surface area (Å²) in [4.78, 5) is 15.7. The lowest BCUT2D eigenvalue weighted by Gasteiger charge is -2.19. The lowest BCUT2D eigenvalue weighted by Crippen LogP contribution is -2.52. The summed E-state index contributed by atoms with van der Waals surface area (Å²) in [5, 5.41) is 6.46. The highest BCUT2D eigenvalue weighted by atomic mass is 16.5. The van der Waals surface area contributed by atoms with Crippen LogP contribution < -0.4 is 11.1 Å². The zero-order valence-corrected chi connectivity index (χ0v) is 8.43. The van der Waals surface area contributed by atoms with Crippen LogP contribution in [0.25, 0.3) is 0 Å². The highest BCUT2D eigenvalue weighted by Gasteiger charge is 2.38. The average molecular weight is 211 g/mol. The van der Waals surface area contributed by atoms with Crippen LogP contribution in [0.1, 0.15) is 6.42 Å². The standard InChI is InChI=1S/C8H13N5O2/c1-13-7(10-5-11-13)12-6(14)8(9)2-3-15-4-8/h5H,2-4,9H2,1H3,(H,10,11,12,14). The van der Waals surface area contributed by atoms with E-state index >= 15 is 0 Å². The second-order valence-corrected chi connectivity index (χ2v) is 3.62. The number of nitrogens with zero attached hydrogens (tertiary/aromatic N) is 3. The summed E-state index contributed by atoms with van der Waals surface area (Å²) in [5.74, 6) is 0.104. The van der Waals surface area contributed by atoms with Crippen LogP contribution in [0.5, 0.6) is 0 Å². The Kier molecular flexibility index (Phi) is 2.41. The van der Waals surface area contributed by atoms with E-state index in [1.807, 2.05) is 0 Å². The molecule has 0 radical (unpaired) electrons. The number of amides is 1. The highest BCUT2D eigenvalue weighted by molar-refractivity contribution is 5.97. The van der Waals surface area contributed by atoms with E-state index in [0.29, 0.717) is 19.0 Å². The van der Waals surface area contributed by atoms with Crippen molar-refractivity contribution >= 4 is 11.9 Å². The number of aromatic nitrogens is 3. The van der Waals surface area contributed by atoms with E-state index in [1.54, 1.807) is 7.05 Å². The minimum Gasteiger partial charge on any atom is -0.379 e. The van der Waals surface area contributed by atoms with E-state index in [2.05, 4.69) is 15.4 Å². The SMILES string of the molecule is Cn1ncnc1NC(=O)C1(N)CCOC1. The van der Waals surface area contributed by atoms with Gasteiger partial charge in [-0.2, -0.15) is 10.1 Å². The maximum absolute atomic E-state index is 11.8. The minimum atomic E-state index is -0.939. The number of ether oxygens (including phenoxy) is 1. The number of aryl methyl sites for hydroxylation is 1.